The number of hydrogen-bond acceptors (Lipinski definition) is 0. The van der Waals surface area contributed by atoms with Gasteiger partial charge in [-0.2, -0.15) is 0 Å². The summed E-state index contributed by atoms with van der Waals surface area (Å²) >= 11 is 0. The van der Waals surface area contributed by atoms with Gasteiger partial charge in [0.15, 0.2) is 0 Å². The summed E-state index contributed by atoms with van der Waals surface area (Å²) in [6.45, 7) is 2.37. The third kappa shape index (κ3) is 0.372. The van der Waals surface area contributed by atoms with Crippen molar-refractivity contribution in [2.75, 3.05) is 0 Å². The van der Waals surface area contributed by atoms with Gasteiger partial charge >= 0.3 is 0 Å². The van der Waals surface area contributed by atoms with Crippen LogP contribution in [0, 0.1) is 17.8 Å². The highest BCUT2D eigenvalue weighted by Gasteiger charge is 2.56. The summed E-state index contributed by atoms with van der Waals surface area (Å²) in [5, 5.41) is 0. The Morgan fingerprint density at radius 1 is 1.43 bits per heavy atom. The summed E-state index contributed by atoms with van der Waals surface area (Å²) in [5.41, 5.74) is 0.991. The molecule has 0 aromatic heterocycles. The maximum atomic E-state index is 2.94. The lowest BCUT2D eigenvalue weighted by atomic mass is 9.87. The minimum Gasteiger partial charge on any atom is -0.134 e. The molecule has 0 aliphatic heterocycles. The highest BCUT2D eigenvalue weighted by Crippen LogP contribution is 2.62. The van der Waals surface area contributed by atoms with E-state index in [1.54, 1.807) is 0 Å². The Morgan fingerprint density at radius 2 is 2.14 bits per heavy atom. The van der Waals surface area contributed by atoms with Crippen molar-refractivity contribution >= 4 is 9.24 Å². The third-order valence-electron chi connectivity index (χ3n) is 2.67. The zero-order chi connectivity index (χ0) is 5.02. The molecule has 0 amide bonds. The van der Waals surface area contributed by atoms with E-state index in [1.807, 2.05) is 0 Å². The molecule has 0 spiro atoms. The fourth-order valence-corrected chi connectivity index (χ4v) is 2.54. The molecule has 0 bridgehead atoms. The lowest BCUT2D eigenvalue weighted by Gasteiger charge is -2.28. The molecule has 2 fully saturated rings. The Morgan fingerprint density at radius 3 is 2.29 bits per heavy atom. The minimum atomic E-state index is 0.991. The molecule has 0 N–H and O–H groups in total. The van der Waals surface area contributed by atoms with Crippen LogP contribution >= 0.6 is 9.24 Å². The van der Waals surface area contributed by atoms with Crippen molar-refractivity contribution in [3.05, 3.63) is 0 Å². The van der Waals surface area contributed by atoms with Crippen molar-refractivity contribution in [3.8, 4) is 0 Å². The zero-order valence-electron chi connectivity index (χ0n) is 4.59. The van der Waals surface area contributed by atoms with Gasteiger partial charge in [-0.25, -0.2) is 0 Å². The van der Waals surface area contributed by atoms with Crippen LogP contribution in [-0.2, 0) is 0 Å². The van der Waals surface area contributed by atoms with Gasteiger partial charge in [0.25, 0.3) is 0 Å². The molecule has 0 saturated heterocycles. The van der Waals surface area contributed by atoms with Crippen LogP contribution in [0.4, 0.5) is 0 Å². The first kappa shape index (κ1) is 4.32. The first-order valence-corrected chi connectivity index (χ1v) is 3.73. The Kier molecular flexibility index (Phi) is 0.649. The third-order valence-corrected chi connectivity index (χ3v) is 3.77. The van der Waals surface area contributed by atoms with Crippen LogP contribution < -0.4 is 0 Å². The molecular formula is C6H11P. The summed E-state index contributed by atoms with van der Waals surface area (Å²) < 4.78 is 0. The van der Waals surface area contributed by atoms with Crippen molar-refractivity contribution in [1.82, 2.24) is 0 Å². The Hall–Kier alpha value is 0.430. The van der Waals surface area contributed by atoms with E-state index in [1.165, 1.54) is 6.42 Å². The standard InChI is InChI=1S/C6H11P/c1-3-4-2-5(4)6(3)7/h3-6H,2,7H2,1H3. The van der Waals surface area contributed by atoms with E-state index < -0.39 is 0 Å². The van der Waals surface area contributed by atoms with Gasteiger partial charge in [-0.15, -0.1) is 9.24 Å². The van der Waals surface area contributed by atoms with Crippen LogP contribution in [0.25, 0.3) is 0 Å². The first-order chi connectivity index (χ1) is 3.30. The maximum Gasteiger partial charge on any atom is -0.0205 e. The minimum absolute atomic E-state index is 0.991. The van der Waals surface area contributed by atoms with E-state index in [0.29, 0.717) is 0 Å². The van der Waals surface area contributed by atoms with Crippen molar-refractivity contribution in [2.45, 2.75) is 19.0 Å². The van der Waals surface area contributed by atoms with Crippen LogP contribution in [0.2, 0.25) is 0 Å². The molecule has 0 aromatic carbocycles. The molecule has 2 saturated carbocycles. The second-order valence-corrected chi connectivity index (χ2v) is 3.77. The van der Waals surface area contributed by atoms with Gasteiger partial charge in [-0.1, -0.05) is 6.92 Å². The van der Waals surface area contributed by atoms with E-state index in [4.69, 9.17) is 0 Å². The van der Waals surface area contributed by atoms with E-state index >= 15 is 0 Å². The van der Waals surface area contributed by atoms with Gasteiger partial charge in [0.1, 0.15) is 0 Å². The van der Waals surface area contributed by atoms with Crippen LogP contribution in [0.15, 0.2) is 0 Å². The monoisotopic (exact) mass is 114 g/mol. The summed E-state index contributed by atoms with van der Waals surface area (Å²) in [4.78, 5) is 0. The quantitative estimate of drug-likeness (QED) is 0.419. The average molecular weight is 114 g/mol. The van der Waals surface area contributed by atoms with Crippen molar-refractivity contribution in [2.24, 2.45) is 17.8 Å². The highest BCUT2D eigenvalue weighted by molar-refractivity contribution is 7.17. The Labute approximate surface area is 46.9 Å². The average Bonchev–Trinajstić information content (AvgIpc) is 2.39. The largest absolute Gasteiger partial charge is 0.134 e. The van der Waals surface area contributed by atoms with Gasteiger partial charge in [-0.05, 0) is 29.8 Å². The van der Waals surface area contributed by atoms with Crippen LogP contribution in [0.5, 0.6) is 0 Å². The smallest absolute Gasteiger partial charge is 0.0205 e. The topological polar surface area (TPSA) is 0 Å². The Bertz CT molecular complexity index is 88.4. The maximum absolute atomic E-state index is 2.94. The Balaban J connectivity index is 2.09. The molecule has 0 nitrogen and oxygen atoms in total. The predicted molar refractivity (Wildman–Crippen MR) is 34.3 cm³/mol. The molecule has 5 atom stereocenters. The molecule has 0 heterocycles. The fraction of sp³-hybridized carbons (Fsp3) is 1.00. The molecule has 1 heteroatoms. The normalized spacial score (nSPS) is 66.0. The fourth-order valence-electron chi connectivity index (χ4n) is 1.81. The molecule has 0 aromatic rings. The molecule has 40 valence electrons. The van der Waals surface area contributed by atoms with Gasteiger partial charge in [0.05, 0.1) is 0 Å². The number of fused-ring (bicyclic) bond motifs is 1. The summed E-state index contributed by atoms with van der Waals surface area (Å²) in [6.07, 6.45) is 1.54. The number of hydrogen-bond donors (Lipinski definition) is 0. The van der Waals surface area contributed by atoms with Crippen LogP contribution in [0.1, 0.15) is 13.3 Å². The molecular weight excluding hydrogens is 103 g/mol. The van der Waals surface area contributed by atoms with Gasteiger partial charge in [0.2, 0.25) is 0 Å². The summed E-state index contributed by atoms with van der Waals surface area (Å²) in [7, 11) is 2.94. The van der Waals surface area contributed by atoms with Gasteiger partial charge in [0, 0.05) is 0 Å². The van der Waals surface area contributed by atoms with Crippen molar-refractivity contribution in [3.63, 3.8) is 0 Å². The van der Waals surface area contributed by atoms with Crippen LogP contribution in [0.3, 0.4) is 0 Å². The lowest BCUT2D eigenvalue weighted by Crippen LogP contribution is -2.26. The van der Waals surface area contributed by atoms with Gasteiger partial charge < -0.3 is 0 Å². The molecule has 2 aliphatic rings. The van der Waals surface area contributed by atoms with E-state index in [2.05, 4.69) is 16.2 Å². The predicted octanol–water partition coefficient (Wildman–Crippen LogP) is 1.52. The molecule has 7 heavy (non-hydrogen) atoms. The second-order valence-electron chi connectivity index (χ2n) is 3.00. The van der Waals surface area contributed by atoms with Crippen molar-refractivity contribution < 1.29 is 0 Å². The summed E-state index contributed by atoms with van der Waals surface area (Å²) in [5.74, 6) is 3.33. The lowest BCUT2D eigenvalue weighted by molar-refractivity contribution is 0.332. The first-order valence-electron chi connectivity index (χ1n) is 3.06. The second kappa shape index (κ2) is 1.05. The molecule has 5 unspecified atom stereocenters. The summed E-state index contributed by atoms with van der Waals surface area (Å²) in [6, 6.07) is 0. The molecule has 0 radical (unpaired) electrons. The van der Waals surface area contributed by atoms with E-state index in [9.17, 15) is 0 Å². The molecule has 2 rings (SSSR count). The highest BCUT2D eigenvalue weighted by atomic mass is 31.0. The zero-order valence-corrected chi connectivity index (χ0v) is 5.75. The van der Waals surface area contributed by atoms with Crippen molar-refractivity contribution in [1.29, 1.82) is 0 Å². The van der Waals surface area contributed by atoms with E-state index in [-0.39, 0.29) is 0 Å². The SMILES string of the molecule is CC1C(P)C2CC12. The molecule has 2 aliphatic carbocycles. The van der Waals surface area contributed by atoms with E-state index in [0.717, 1.165) is 23.4 Å². The van der Waals surface area contributed by atoms with Gasteiger partial charge in [-0.3, -0.25) is 0 Å². The van der Waals surface area contributed by atoms with Crippen LogP contribution in [-0.4, -0.2) is 5.66 Å². The number of rotatable bonds is 0.